The van der Waals surface area contributed by atoms with Crippen LogP contribution in [-0.2, 0) is 11.3 Å². The summed E-state index contributed by atoms with van der Waals surface area (Å²) >= 11 is 0. The van der Waals surface area contributed by atoms with Gasteiger partial charge in [0.2, 0.25) is 0 Å². The van der Waals surface area contributed by atoms with Gasteiger partial charge in [0, 0.05) is 7.11 Å². The van der Waals surface area contributed by atoms with Gasteiger partial charge in [0.1, 0.15) is 5.75 Å². The molecule has 17 heavy (non-hydrogen) atoms. The first-order valence-electron chi connectivity index (χ1n) is 5.87. The molecule has 0 amide bonds. The summed E-state index contributed by atoms with van der Waals surface area (Å²) in [5.41, 5.74) is 2.35. The van der Waals surface area contributed by atoms with Gasteiger partial charge in [-0.05, 0) is 39.9 Å². The van der Waals surface area contributed by atoms with Crippen LogP contribution in [0.3, 0.4) is 0 Å². The van der Waals surface area contributed by atoms with Crippen LogP contribution in [0.5, 0.6) is 5.75 Å². The van der Waals surface area contributed by atoms with Crippen LogP contribution in [-0.4, -0.2) is 12.2 Å². The largest absolute Gasteiger partial charge is 0.508 e. The highest BCUT2D eigenvalue weighted by molar-refractivity contribution is 5.90. The number of ether oxygens (including phenoxy) is 1. The van der Waals surface area contributed by atoms with Crippen LogP contribution < -0.4 is 0 Å². The maximum atomic E-state index is 9.75. The molecule has 2 heteroatoms. The van der Waals surface area contributed by atoms with E-state index in [9.17, 15) is 5.11 Å². The fourth-order valence-corrected chi connectivity index (χ4v) is 2.26. The zero-order valence-corrected chi connectivity index (χ0v) is 10.5. The van der Waals surface area contributed by atoms with Gasteiger partial charge in [-0.3, -0.25) is 0 Å². The Morgan fingerprint density at radius 1 is 1.24 bits per heavy atom. The summed E-state index contributed by atoms with van der Waals surface area (Å²) < 4.78 is 5.24. The second-order valence-electron chi connectivity index (χ2n) is 4.64. The SMILES string of the molecule is COCc1cccc2cc(O)cc(C(C)C)c12. The van der Waals surface area contributed by atoms with Crippen molar-refractivity contribution in [3.8, 4) is 5.75 Å². The first-order valence-corrected chi connectivity index (χ1v) is 5.87. The molecule has 0 atom stereocenters. The summed E-state index contributed by atoms with van der Waals surface area (Å²) in [7, 11) is 1.70. The lowest BCUT2D eigenvalue weighted by Crippen LogP contribution is -1.95. The third-order valence-corrected chi connectivity index (χ3v) is 3.00. The van der Waals surface area contributed by atoms with E-state index >= 15 is 0 Å². The highest BCUT2D eigenvalue weighted by atomic mass is 16.5. The average molecular weight is 230 g/mol. The van der Waals surface area contributed by atoms with Crippen LogP contribution >= 0.6 is 0 Å². The van der Waals surface area contributed by atoms with E-state index in [0.717, 1.165) is 5.39 Å². The number of methoxy groups -OCH3 is 1. The minimum absolute atomic E-state index is 0.329. The number of fused-ring (bicyclic) bond motifs is 1. The zero-order valence-electron chi connectivity index (χ0n) is 10.5. The molecule has 2 nitrogen and oxygen atoms in total. The summed E-state index contributed by atoms with van der Waals surface area (Å²) in [6, 6.07) is 9.77. The van der Waals surface area contributed by atoms with Crippen LogP contribution in [0.25, 0.3) is 10.8 Å². The lowest BCUT2D eigenvalue weighted by atomic mass is 9.92. The van der Waals surface area contributed by atoms with E-state index in [4.69, 9.17) is 4.74 Å². The van der Waals surface area contributed by atoms with E-state index in [1.165, 1.54) is 16.5 Å². The summed E-state index contributed by atoms with van der Waals surface area (Å²) in [5, 5.41) is 12.0. The number of hydrogen-bond acceptors (Lipinski definition) is 2. The molecule has 0 spiro atoms. The molecule has 0 aromatic heterocycles. The Hall–Kier alpha value is -1.54. The maximum absolute atomic E-state index is 9.75. The third-order valence-electron chi connectivity index (χ3n) is 3.00. The number of phenols is 1. The molecule has 0 unspecified atom stereocenters. The molecule has 90 valence electrons. The van der Waals surface area contributed by atoms with Gasteiger partial charge in [-0.2, -0.15) is 0 Å². The van der Waals surface area contributed by atoms with E-state index in [1.807, 2.05) is 18.2 Å². The second kappa shape index (κ2) is 4.76. The van der Waals surface area contributed by atoms with Crippen molar-refractivity contribution in [2.24, 2.45) is 0 Å². The Kier molecular flexibility index (Phi) is 3.34. The smallest absolute Gasteiger partial charge is 0.116 e. The van der Waals surface area contributed by atoms with E-state index in [1.54, 1.807) is 13.2 Å². The van der Waals surface area contributed by atoms with Crippen molar-refractivity contribution in [1.82, 2.24) is 0 Å². The summed E-state index contributed by atoms with van der Waals surface area (Å²) in [4.78, 5) is 0. The van der Waals surface area contributed by atoms with Gasteiger partial charge in [-0.15, -0.1) is 0 Å². The summed E-state index contributed by atoms with van der Waals surface area (Å²) in [6.45, 7) is 4.87. The minimum atomic E-state index is 0.329. The Labute approximate surface area is 102 Å². The van der Waals surface area contributed by atoms with E-state index < -0.39 is 0 Å². The Balaban J connectivity index is 2.76. The van der Waals surface area contributed by atoms with E-state index in [2.05, 4.69) is 19.9 Å². The fraction of sp³-hybridized carbons (Fsp3) is 0.333. The van der Waals surface area contributed by atoms with Gasteiger partial charge in [0.25, 0.3) is 0 Å². The van der Waals surface area contributed by atoms with Crippen molar-refractivity contribution >= 4 is 10.8 Å². The zero-order chi connectivity index (χ0) is 12.4. The molecule has 0 aliphatic carbocycles. The Morgan fingerprint density at radius 2 is 2.00 bits per heavy atom. The predicted molar refractivity (Wildman–Crippen MR) is 70.4 cm³/mol. The molecule has 0 aliphatic rings. The topological polar surface area (TPSA) is 29.5 Å². The minimum Gasteiger partial charge on any atom is -0.508 e. The summed E-state index contributed by atoms with van der Waals surface area (Å²) in [6.07, 6.45) is 0. The van der Waals surface area contributed by atoms with Crippen molar-refractivity contribution in [2.75, 3.05) is 7.11 Å². The summed E-state index contributed by atoms with van der Waals surface area (Å²) in [5.74, 6) is 0.707. The fourth-order valence-electron chi connectivity index (χ4n) is 2.26. The molecular formula is C15H18O2. The third kappa shape index (κ3) is 2.27. The molecule has 0 saturated carbocycles. The van der Waals surface area contributed by atoms with Crippen molar-refractivity contribution in [1.29, 1.82) is 0 Å². The van der Waals surface area contributed by atoms with Crippen molar-refractivity contribution in [3.63, 3.8) is 0 Å². The lowest BCUT2D eigenvalue weighted by Gasteiger charge is -2.14. The van der Waals surface area contributed by atoms with E-state index in [-0.39, 0.29) is 0 Å². The maximum Gasteiger partial charge on any atom is 0.116 e. The molecule has 2 rings (SSSR count). The van der Waals surface area contributed by atoms with Crippen molar-refractivity contribution in [3.05, 3.63) is 41.5 Å². The predicted octanol–water partition coefficient (Wildman–Crippen LogP) is 3.82. The van der Waals surface area contributed by atoms with Crippen LogP contribution in [0, 0.1) is 0 Å². The van der Waals surface area contributed by atoms with Crippen molar-refractivity contribution < 1.29 is 9.84 Å². The molecule has 0 fully saturated rings. The number of aromatic hydroxyl groups is 1. The number of hydrogen-bond donors (Lipinski definition) is 1. The quantitative estimate of drug-likeness (QED) is 0.868. The Morgan fingerprint density at radius 3 is 2.65 bits per heavy atom. The first kappa shape index (κ1) is 11.9. The molecule has 2 aromatic rings. The normalized spacial score (nSPS) is 11.3. The number of phenolic OH excluding ortho intramolecular Hbond substituents is 1. The van der Waals surface area contributed by atoms with Gasteiger partial charge in [-0.1, -0.05) is 32.0 Å². The first-order chi connectivity index (χ1) is 8.13. The number of benzene rings is 2. The van der Waals surface area contributed by atoms with Gasteiger partial charge in [-0.25, -0.2) is 0 Å². The highest BCUT2D eigenvalue weighted by Crippen LogP contribution is 2.32. The van der Waals surface area contributed by atoms with Crippen molar-refractivity contribution in [2.45, 2.75) is 26.4 Å². The molecule has 0 bridgehead atoms. The molecule has 0 saturated heterocycles. The van der Waals surface area contributed by atoms with Gasteiger partial charge < -0.3 is 9.84 Å². The highest BCUT2D eigenvalue weighted by Gasteiger charge is 2.10. The van der Waals surface area contributed by atoms with Gasteiger partial charge >= 0.3 is 0 Å². The van der Waals surface area contributed by atoms with Crippen LogP contribution in [0.1, 0.15) is 30.9 Å². The molecule has 2 aromatic carbocycles. The monoisotopic (exact) mass is 230 g/mol. The molecule has 1 N–H and O–H groups in total. The van der Waals surface area contributed by atoms with Gasteiger partial charge in [0.15, 0.2) is 0 Å². The number of rotatable bonds is 3. The molecule has 0 radical (unpaired) electrons. The standard InChI is InChI=1S/C15H18O2/c1-10(2)14-8-13(16)7-11-5-4-6-12(9-17-3)15(11)14/h4-8,10,16H,9H2,1-3H3. The molecule has 0 heterocycles. The molecule has 0 aliphatic heterocycles. The molecular weight excluding hydrogens is 212 g/mol. The second-order valence-corrected chi connectivity index (χ2v) is 4.64. The van der Waals surface area contributed by atoms with Crippen LogP contribution in [0.4, 0.5) is 0 Å². The van der Waals surface area contributed by atoms with Crippen LogP contribution in [0.15, 0.2) is 30.3 Å². The average Bonchev–Trinajstić information content (AvgIpc) is 2.28. The lowest BCUT2D eigenvalue weighted by molar-refractivity contribution is 0.186. The Bertz CT molecular complexity index is 530. The van der Waals surface area contributed by atoms with Gasteiger partial charge in [0.05, 0.1) is 6.61 Å². The van der Waals surface area contributed by atoms with Crippen LogP contribution in [0.2, 0.25) is 0 Å². The van der Waals surface area contributed by atoms with E-state index in [0.29, 0.717) is 18.3 Å².